The molecule has 0 unspecified atom stereocenters. The Morgan fingerprint density at radius 1 is 1.07 bits per heavy atom. The largest absolute Gasteiger partial charge is 0.489 e. The van der Waals surface area contributed by atoms with Crippen molar-refractivity contribution in [1.82, 2.24) is 10.7 Å². The molecule has 142 valence electrons. The van der Waals surface area contributed by atoms with Crippen molar-refractivity contribution < 1.29 is 19.1 Å². The van der Waals surface area contributed by atoms with Crippen molar-refractivity contribution in [2.75, 3.05) is 20.3 Å². The Balaban J connectivity index is 1.79. The SMILES string of the molecule is COCCCNC(=O)C(=O)N/N=C\c1cccc(OCc2ccccc2)c1. The van der Waals surface area contributed by atoms with Gasteiger partial charge < -0.3 is 14.8 Å². The molecule has 0 aliphatic heterocycles. The van der Waals surface area contributed by atoms with Gasteiger partial charge in [-0.25, -0.2) is 5.43 Å². The number of carbonyl (C=O) groups is 2. The van der Waals surface area contributed by atoms with Crippen LogP contribution in [0, 0.1) is 0 Å². The Kier molecular flexibility index (Phi) is 8.52. The first-order valence-electron chi connectivity index (χ1n) is 8.56. The molecule has 0 bridgehead atoms. The molecule has 0 saturated carbocycles. The predicted molar refractivity (Wildman–Crippen MR) is 102 cm³/mol. The third-order valence-corrected chi connectivity index (χ3v) is 3.50. The second kappa shape index (κ2) is 11.4. The minimum atomic E-state index is -0.819. The molecule has 0 fully saturated rings. The van der Waals surface area contributed by atoms with Gasteiger partial charge in [0.05, 0.1) is 6.21 Å². The molecule has 7 heteroatoms. The smallest absolute Gasteiger partial charge is 0.329 e. The highest BCUT2D eigenvalue weighted by atomic mass is 16.5. The number of hydrogen-bond acceptors (Lipinski definition) is 5. The molecular formula is C20H23N3O4. The number of methoxy groups -OCH3 is 1. The Hall–Kier alpha value is -3.19. The molecule has 0 heterocycles. The molecule has 0 aliphatic carbocycles. The first-order valence-corrected chi connectivity index (χ1v) is 8.56. The van der Waals surface area contributed by atoms with Gasteiger partial charge in [-0.2, -0.15) is 5.10 Å². The number of nitrogens with one attached hydrogen (secondary N) is 2. The fourth-order valence-electron chi connectivity index (χ4n) is 2.14. The van der Waals surface area contributed by atoms with Crippen molar-refractivity contribution in [3.8, 4) is 5.75 Å². The third kappa shape index (κ3) is 7.70. The quantitative estimate of drug-likeness (QED) is 0.306. The highest BCUT2D eigenvalue weighted by Crippen LogP contribution is 2.14. The standard InChI is InChI=1S/C20H23N3O4/c1-26-12-6-11-21-19(24)20(25)23-22-14-17-9-5-10-18(13-17)27-15-16-7-3-2-4-8-16/h2-5,7-10,13-14H,6,11-12,15H2,1H3,(H,21,24)(H,23,25)/b22-14-. The molecule has 0 saturated heterocycles. The van der Waals surface area contributed by atoms with Crippen molar-refractivity contribution >= 4 is 18.0 Å². The molecular weight excluding hydrogens is 346 g/mol. The Labute approximate surface area is 158 Å². The molecule has 0 aromatic heterocycles. The van der Waals surface area contributed by atoms with Crippen LogP contribution in [-0.4, -0.2) is 38.3 Å². The lowest BCUT2D eigenvalue weighted by Crippen LogP contribution is -2.38. The van der Waals surface area contributed by atoms with E-state index in [0.29, 0.717) is 31.9 Å². The second-order valence-electron chi connectivity index (χ2n) is 5.65. The third-order valence-electron chi connectivity index (χ3n) is 3.50. The van der Waals surface area contributed by atoms with E-state index in [1.165, 1.54) is 6.21 Å². The van der Waals surface area contributed by atoms with Crippen molar-refractivity contribution in [2.24, 2.45) is 5.10 Å². The van der Waals surface area contributed by atoms with Crippen molar-refractivity contribution in [1.29, 1.82) is 0 Å². The summed E-state index contributed by atoms with van der Waals surface area (Å²) in [5.41, 5.74) is 4.00. The van der Waals surface area contributed by atoms with Gasteiger partial charge in [-0.05, 0) is 29.7 Å². The van der Waals surface area contributed by atoms with Crippen LogP contribution >= 0.6 is 0 Å². The topological polar surface area (TPSA) is 89.0 Å². The summed E-state index contributed by atoms with van der Waals surface area (Å²) in [5.74, 6) is -0.867. The van der Waals surface area contributed by atoms with E-state index in [2.05, 4.69) is 15.8 Å². The average molecular weight is 369 g/mol. The summed E-state index contributed by atoms with van der Waals surface area (Å²) < 4.78 is 10.6. The molecule has 2 N–H and O–H groups in total. The van der Waals surface area contributed by atoms with E-state index in [1.807, 2.05) is 48.5 Å². The van der Waals surface area contributed by atoms with E-state index >= 15 is 0 Å². The summed E-state index contributed by atoms with van der Waals surface area (Å²) in [5, 5.41) is 6.28. The van der Waals surface area contributed by atoms with Crippen LogP contribution in [0.2, 0.25) is 0 Å². The van der Waals surface area contributed by atoms with Crippen LogP contribution in [0.25, 0.3) is 0 Å². The highest BCUT2D eigenvalue weighted by Gasteiger charge is 2.11. The van der Waals surface area contributed by atoms with Gasteiger partial charge in [0.15, 0.2) is 0 Å². The van der Waals surface area contributed by atoms with Crippen molar-refractivity contribution in [3.05, 3.63) is 65.7 Å². The fraction of sp³-hybridized carbons (Fsp3) is 0.250. The van der Waals surface area contributed by atoms with Gasteiger partial charge >= 0.3 is 11.8 Å². The number of hydrogen-bond donors (Lipinski definition) is 2. The Bertz CT molecular complexity index is 763. The van der Waals surface area contributed by atoms with Crippen molar-refractivity contribution in [2.45, 2.75) is 13.0 Å². The number of rotatable bonds is 9. The van der Waals surface area contributed by atoms with Crippen LogP contribution in [0.4, 0.5) is 0 Å². The number of amides is 2. The van der Waals surface area contributed by atoms with Crippen LogP contribution in [0.3, 0.4) is 0 Å². The predicted octanol–water partition coefficient (Wildman–Crippen LogP) is 1.87. The Morgan fingerprint density at radius 2 is 1.89 bits per heavy atom. The zero-order valence-electron chi connectivity index (χ0n) is 15.2. The van der Waals surface area contributed by atoms with E-state index in [9.17, 15) is 9.59 Å². The van der Waals surface area contributed by atoms with Gasteiger partial charge in [-0.1, -0.05) is 42.5 Å². The zero-order valence-corrected chi connectivity index (χ0v) is 15.2. The minimum Gasteiger partial charge on any atom is -0.489 e. The molecule has 7 nitrogen and oxygen atoms in total. The van der Waals surface area contributed by atoms with Crippen LogP contribution in [0.15, 0.2) is 59.7 Å². The lowest BCUT2D eigenvalue weighted by atomic mass is 10.2. The van der Waals surface area contributed by atoms with Crippen LogP contribution in [0.5, 0.6) is 5.75 Å². The lowest BCUT2D eigenvalue weighted by molar-refractivity contribution is -0.139. The minimum absolute atomic E-state index is 0.366. The van der Waals surface area contributed by atoms with Gasteiger partial charge in [-0.15, -0.1) is 0 Å². The molecule has 2 rings (SSSR count). The van der Waals surface area contributed by atoms with E-state index in [4.69, 9.17) is 9.47 Å². The summed E-state index contributed by atoms with van der Waals surface area (Å²) in [6, 6.07) is 17.1. The number of ether oxygens (including phenoxy) is 2. The zero-order chi connectivity index (χ0) is 19.3. The number of hydrazone groups is 1. The van der Waals surface area contributed by atoms with Gasteiger partial charge in [0, 0.05) is 20.3 Å². The maximum absolute atomic E-state index is 11.6. The monoisotopic (exact) mass is 369 g/mol. The van der Waals surface area contributed by atoms with E-state index < -0.39 is 11.8 Å². The first kappa shape index (κ1) is 20.1. The van der Waals surface area contributed by atoms with Gasteiger partial charge in [0.25, 0.3) is 0 Å². The summed E-state index contributed by atoms with van der Waals surface area (Å²) >= 11 is 0. The molecule has 0 aliphatic rings. The normalized spacial score (nSPS) is 10.6. The number of nitrogens with zero attached hydrogens (tertiary/aromatic N) is 1. The van der Waals surface area contributed by atoms with E-state index in [1.54, 1.807) is 13.2 Å². The molecule has 2 aromatic carbocycles. The van der Waals surface area contributed by atoms with Crippen LogP contribution in [0.1, 0.15) is 17.5 Å². The maximum Gasteiger partial charge on any atom is 0.329 e. The van der Waals surface area contributed by atoms with E-state index in [-0.39, 0.29) is 0 Å². The molecule has 2 amide bonds. The van der Waals surface area contributed by atoms with Crippen LogP contribution in [-0.2, 0) is 20.9 Å². The average Bonchev–Trinajstić information content (AvgIpc) is 2.70. The summed E-state index contributed by atoms with van der Waals surface area (Å²) in [6.45, 7) is 1.34. The number of benzene rings is 2. The lowest BCUT2D eigenvalue weighted by Gasteiger charge is -2.06. The van der Waals surface area contributed by atoms with Gasteiger partial charge in [-0.3, -0.25) is 9.59 Å². The Morgan fingerprint density at radius 3 is 2.67 bits per heavy atom. The summed E-state index contributed by atoms with van der Waals surface area (Å²) in [4.78, 5) is 23.2. The molecule has 2 aromatic rings. The van der Waals surface area contributed by atoms with Gasteiger partial charge in [0.1, 0.15) is 12.4 Å². The summed E-state index contributed by atoms with van der Waals surface area (Å²) in [7, 11) is 1.57. The second-order valence-corrected chi connectivity index (χ2v) is 5.65. The van der Waals surface area contributed by atoms with E-state index in [0.717, 1.165) is 11.1 Å². The molecule has 0 atom stereocenters. The first-order chi connectivity index (χ1) is 13.2. The number of carbonyl (C=O) groups excluding carboxylic acids is 2. The summed E-state index contributed by atoms with van der Waals surface area (Å²) in [6.07, 6.45) is 2.08. The maximum atomic E-state index is 11.6. The van der Waals surface area contributed by atoms with Crippen molar-refractivity contribution in [3.63, 3.8) is 0 Å². The fourth-order valence-corrected chi connectivity index (χ4v) is 2.14. The highest BCUT2D eigenvalue weighted by molar-refractivity contribution is 6.35. The van der Waals surface area contributed by atoms with Gasteiger partial charge in [0.2, 0.25) is 0 Å². The molecule has 0 radical (unpaired) electrons. The molecule has 0 spiro atoms. The molecule has 27 heavy (non-hydrogen) atoms. The van der Waals surface area contributed by atoms with Crippen LogP contribution < -0.4 is 15.5 Å².